The number of aliphatic hydroxyl groups excluding tert-OH is 1. The van der Waals surface area contributed by atoms with E-state index < -0.39 is 0 Å². The van der Waals surface area contributed by atoms with Crippen LogP contribution in [0, 0.1) is 0 Å². The van der Waals surface area contributed by atoms with Gasteiger partial charge in [0.25, 0.3) is 0 Å². The van der Waals surface area contributed by atoms with Crippen molar-refractivity contribution in [1.29, 1.82) is 0 Å². The molecule has 94 valence electrons. The third-order valence-corrected chi connectivity index (χ3v) is 3.23. The molecular formula is C13H14N2O2S. The van der Waals surface area contributed by atoms with Gasteiger partial charge in [0.05, 0.1) is 0 Å². The first kappa shape index (κ1) is 12.7. The molecule has 0 atom stereocenters. The van der Waals surface area contributed by atoms with Crippen LogP contribution >= 0.6 is 11.3 Å². The highest BCUT2D eigenvalue weighted by molar-refractivity contribution is 7.13. The van der Waals surface area contributed by atoms with Crippen molar-refractivity contribution in [2.75, 3.05) is 11.9 Å². The summed E-state index contributed by atoms with van der Waals surface area (Å²) >= 11 is 1.58. The number of aliphatic hydroxyl groups is 1. The fourth-order valence-corrected chi connectivity index (χ4v) is 2.17. The van der Waals surface area contributed by atoms with Crippen molar-refractivity contribution in [2.24, 2.45) is 0 Å². The lowest BCUT2D eigenvalue weighted by molar-refractivity contribution is -0.116. The molecule has 4 nitrogen and oxygen atoms in total. The second kappa shape index (κ2) is 6.28. The molecule has 2 rings (SSSR count). The highest BCUT2D eigenvalue weighted by Crippen LogP contribution is 2.23. The number of aromatic nitrogens is 1. The molecular weight excluding hydrogens is 248 g/mol. The Morgan fingerprint density at radius 1 is 1.33 bits per heavy atom. The molecule has 0 aliphatic rings. The van der Waals surface area contributed by atoms with Crippen LogP contribution in [-0.4, -0.2) is 22.6 Å². The molecule has 0 aliphatic heterocycles. The fraction of sp³-hybridized carbons (Fsp3) is 0.231. The van der Waals surface area contributed by atoms with E-state index in [9.17, 15) is 4.79 Å². The van der Waals surface area contributed by atoms with E-state index in [1.165, 1.54) is 0 Å². The molecule has 1 aromatic heterocycles. The maximum atomic E-state index is 11.5. The third-order valence-electron chi connectivity index (χ3n) is 2.41. The molecule has 0 saturated carbocycles. The quantitative estimate of drug-likeness (QED) is 0.870. The number of amides is 1. The second-order valence-electron chi connectivity index (χ2n) is 3.79. The SMILES string of the molecule is O=C(CCCO)Nc1ccc(-c2nccs2)cc1. The number of anilines is 1. The standard InChI is InChI=1S/C13H14N2O2S/c16-8-1-2-12(17)15-11-5-3-10(4-6-11)13-14-7-9-18-13/h3-7,9,16H,1-2,8H2,(H,15,17). The Balaban J connectivity index is 1.98. The average Bonchev–Trinajstić information content (AvgIpc) is 2.91. The van der Waals surface area contributed by atoms with Crippen LogP contribution in [-0.2, 0) is 4.79 Å². The summed E-state index contributed by atoms with van der Waals surface area (Å²) in [7, 11) is 0. The van der Waals surface area contributed by atoms with Gasteiger partial charge in [-0.1, -0.05) is 0 Å². The van der Waals surface area contributed by atoms with Crippen molar-refractivity contribution >= 4 is 22.9 Å². The van der Waals surface area contributed by atoms with Crippen LogP contribution < -0.4 is 5.32 Å². The normalized spacial score (nSPS) is 10.3. The van der Waals surface area contributed by atoms with Gasteiger partial charge in [-0.25, -0.2) is 4.98 Å². The number of benzene rings is 1. The number of hydrogen-bond acceptors (Lipinski definition) is 4. The highest BCUT2D eigenvalue weighted by Gasteiger charge is 2.03. The first-order chi connectivity index (χ1) is 8.79. The van der Waals surface area contributed by atoms with E-state index in [2.05, 4.69) is 10.3 Å². The van der Waals surface area contributed by atoms with Crippen LogP contribution in [0.15, 0.2) is 35.8 Å². The summed E-state index contributed by atoms with van der Waals surface area (Å²) in [6.45, 7) is 0.0381. The second-order valence-corrected chi connectivity index (χ2v) is 4.68. The smallest absolute Gasteiger partial charge is 0.224 e. The van der Waals surface area contributed by atoms with Gasteiger partial charge in [-0.15, -0.1) is 11.3 Å². The first-order valence-corrected chi connectivity index (χ1v) is 6.58. The molecule has 0 fully saturated rings. The number of hydrogen-bond donors (Lipinski definition) is 2. The number of rotatable bonds is 5. The molecule has 1 heterocycles. The lowest BCUT2D eigenvalue weighted by Gasteiger charge is -2.05. The van der Waals surface area contributed by atoms with E-state index in [-0.39, 0.29) is 12.5 Å². The molecule has 2 aromatic rings. The zero-order chi connectivity index (χ0) is 12.8. The van der Waals surface area contributed by atoms with Gasteiger partial charge in [0.2, 0.25) is 5.91 Å². The van der Waals surface area contributed by atoms with E-state index in [4.69, 9.17) is 5.11 Å². The predicted octanol–water partition coefficient (Wildman–Crippen LogP) is 2.52. The Morgan fingerprint density at radius 3 is 2.72 bits per heavy atom. The van der Waals surface area contributed by atoms with Gasteiger partial charge in [0.1, 0.15) is 5.01 Å². The minimum Gasteiger partial charge on any atom is -0.396 e. The van der Waals surface area contributed by atoms with Crippen LogP contribution in [0.5, 0.6) is 0 Å². The maximum absolute atomic E-state index is 11.5. The largest absolute Gasteiger partial charge is 0.396 e. The van der Waals surface area contributed by atoms with Gasteiger partial charge in [0.15, 0.2) is 0 Å². The molecule has 0 spiro atoms. The van der Waals surface area contributed by atoms with Gasteiger partial charge in [-0.05, 0) is 30.7 Å². The molecule has 0 bridgehead atoms. The molecule has 0 aliphatic carbocycles. The average molecular weight is 262 g/mol. The van der Waals surface area contributed by atoms with E-state index >= 15 is 0 Å². The van der Waals surface area contributed by atoms with E-state index in [1.54, 1.807) is 17.5 Å². The Hall–Kier alpha value is -1.72. The zero-order valence-electron chi connectivity index (χ0n) is 9.80. The Bertz CT molecular complexity index is 494. The van der Waals surface area contributed by atoms with Gasteiger partial charge in [-0.3, -0.25) is 4.79 Å². The summed E-state index contributed by atoms with van der Waals surface area (Å²) in [5.41, 5.74) is 1.80. The maximum Gasteiger partial charge on any atom is 0.224 e. The number of carbonyl (C=O) groups is 1. The summed E-state index contributed by atoms with van der Waals surface area (Å²) in [5, 5.41) is 14.3. The molecule has 18 heavy (non-hydrogen) atoms. The van der Waals surface area contributed by atoms with Crippen LogP contribution in [0.2, 0.25) is 0 Å². The Morgan fingerprint density at radius 2 is 2.11 bits per heavy atom. The Labute approximate surface area is 109 Å². The van der Waals surface area contributed by atoms with Gasteiger partial charge >= 0.3 is 0 Å². The van der Waals surface area contributed by atoms with Crippen LogP contribution in [0.25, 0.3) is 10.6 Å². The highest BCUT2D eigenvalue weighted by atomic mass is 32.1. The number of nitrogens with zero attached hydrogens (tertiary/aromatic N) is 1. The van der Waals surface area contributed by atoms with Crippen molar-refractivity contribution in [3.05, 3.63) is 35.8 Å². The van der Waals surface area contributed by atoms with Crippen LogP contribution in [0.4, 0.5) is 5.69 Å². The first-order valence-electron chi connectivity index (χ1n) is 5.70. The number of carbonyl (C=O) groups excluding carboxylic acids is 1. The fourth-order valence-electron chi connectivity index (χ4n) is 1.53. The molecule has 2 N–H and O–H groups in total. The van der Waals surface area contributed by atoms with E-state index in [0.717, 1.165) is 16.3 Å². The minimum atomic E-state index is -0.0777. The number of nitrogens with one attached hydrogen (secondary N) is 1. The lowest BCUT2D eigenvalue weighted by Crippen LogP contribution is -2.11. The summed E-state index contributed by atoms with van der Waals surface area (Å²) in [5.74, 6) is -0.0777. The minimum absolute atomic E-state index is 0.0381. The monoisotopic (exact) mass is 262 g/mol. The summed E-state index contributed by atoms with van der Waals surface area (Å²) in [6.07, 6.45) is 2.60. The van der Waals surface area contributed by atoms with Gasteiger partial charge in [-0.2, -0.15) is 0 Å². The van der Waals surface area contributed by atoms with Gasteiger partial charge < -0.3 is 10.4 Å². The van der Waals surface area contributed by atoms with Gasteiger partial charge in [0, 0.05) is 35.9 Å². The molecule has 0 saturated heterocycles. The third kappa shape index (κ3) is 3.38. The van der Waals surface area contributed by atoms with Crippen molar-refractivity contribution in [1.82, 2.24) is 4.98 Å². The van der Waals surface area contributed by atoms with Crippen molar-refractivity contribution in [2.45, 2.75) is 12.8 Å². The zero-order valence-corrected chi connectivity index (χ0v) is 10.6. The molecule has 1 amide bonds. The molecule has 0 radical (unpaired) electrons. The number of thiazole rings is 1. The summed E-state index contributed by atoms with van der Waals surface area (Å²) in [6, 6.07) is 7.57. The molecule has 5 heteroatoms. The molecule has 0 unspecified atom stereocenters. The summed E-state index contributed by atoms with van der Waals surface area (Å²) in [4.78, 5) is 15.7. The van der Waals surface area contributed by atoms with Crippen LogP contribution in [0.1, 0.15) is 12.8 Å². The Kier molecular flexibility index (Phi) is 4.44. The van der Waals surface area contributed by atoms with E-state index in [1.807, 2.05) is 29.6 Å². The van der Waals surface area contributed by atoms with E-state index in [0.29, 0.717) is 12.8 Å². The van der Waals surface area contributed by atoms with Crippen molar-refractivity contribution in [3.63, 3.8) is 0 Å². The lowest BCUT2D eigenvalue weighted by atomic mass is 10.2. The molecule has 1 aromatic carbocycles. The van der Waals surface area contributed by atoms with Crippen LogP contribution in [0.3, 0.4) is 0 Å². The van der Waals surface area contributed by atoms with Crippen molar-refractivity contribution in [3.8, 4) is 10.6 Å². The van der Waals surface area contributed by atoms with Crippen molar-refractivity contribution < 1.29 is 9.90 Å². The topological polar surface area (TPSA) is 62.2 Å². The summed E-state index contributed by atoms with van der Waals surface area (Å²) < 4.78 is 0. The predicted molar refractivity (Wildman–Crippen MR) is 72.5 cm³/mol.